The molecule has 1 rings (SSSR count). The summed E-state index contributed by atoms with van der Waals surface area (Å²) in [6.07, 6.45) is -3.35. The van der Waals surface area contributed by atoms with Crippen molar-refractivity contribution in [1.82, 2.24) is 13.7 Å². The van der Waals surface area contributed by atoms with Crippen LogP contribution in [0.5, 0.6) is 0 Å². The fourth-order valence-corrected chi connectivity index (χ4v) is 13.9. The van der Waals surface area contributed by atoms with Gasteiger partial charge in [0.05, 0.1) is 16.1 Å². The molecule has 56 heavy (non-hydrogen) atoms. The van der Waals surface area contributed by atoms with Crippen LogP contribution in [0.2, 0.25) is 48.4 Å². The largest absolute Gasteiger partial charge is 0.430 e. The number of rotatable bonds is 27. The molecule has 324 valence electrons. The molecule has 0 saturated heterocycles. The molecule has 1 aromatic heterocycles. The molecule has 0 amide bonds. The molecule has 0 aromatic carbocycles. The highest BCUT2D eigenvalue weighted by Crippen LogP contribution is 2.50. The van der Waals surface area contributed by atoms with Gasteiger partial charge in [-0.25, -0.2) is 32.8 Å². The van der Waals surface area contributed by atoms with E-state index in [1.54, 1.807) is 36.5 Å². The summed E-state index contributed by atoms with van der Waals surface area (Å²) in [5.74, 6) is -18.5. The molecule has 19 heteroatoms. The smallest absolute Gasteiger partial charge is 0.247 e. The Kier molecular flexibility index (Phi) is 22.8. The highest BCUT2D eigenvalue weighted by molar-refractivity contribution is 6.81. The van der Waals surface area contributed by atoms with Crippen molar-refractivity contribution >= 4 is 16.1 Å². The number of hydrogen-bond acceptors (Lipinski definition) is 4. The number of allylic oxidation sites excluding steroid dienone is 6. The van der Waals surface area contributed by atoms with E-state index in [1.165, 1.54) is 0 Å². The van der Waals surface area contributed by atoms with Crippen LogP contribution in [0.15, 0.2) is 90.3 Å². The predicted octanol–water partition coefficient (Wildman–Crippen LogP) is 11.0. The molecular formula is C37H59F10N3O4Si2. The van der Waals surface area contributed by atoms with Crippen molar-refractivity contribution < 1.29 is 48.6 Å². The lowest BCUT2D eigenvalue weighted by Crippen LogP contribution is -2.61. The third-order valence-corrected chi connectivity index (χ3v) is 18.7. The van der Waals surface area contributed by atoms with Crippen molar-refractivity contribution in [2.45, 2.75) is 140 Å². The lowest BCUT2D eigenvalue weighted by Gasteiger charge is -2.34. The first-order valence-corrected chi connectivity index (χ1v) is 22.2. The first-order chi connectivity index (χ1) is 24.3. The van der Waals surface area contributed by atoms with E-state index in [2.05, 4.69) is 44.2 Å². The van der Waals surface area contributed by atoms with E-state index in [0.717, 1.165) is 0 Å². The average Bonchev–Trinajstić information content (AvgIpc) is 3.02. The zero-order valence-electron chi connectivity index (χ0n) is 29.7. The third-order valence-electron chi connectivity index (χ3n) is 8.98. The van der Waals surface area contributed by atoms with Crippen molar-refractivity contribution in [3.63, 3.8) is 0 Å². The van der Waals surface area contributed by atoms with Crippen molar-refractivity contribution in [3.05, 3.63) is 107 Å². The Labute approximate surface area is 325 Å². The molecule has 0 aliphatic carbocycles. The number of ether oxygens (including phenoxy) is 1. The molecule has 0 fully saturated rings. The van der Waals surface area contributed by atoms with Crippen LogP contribution in [-0.2, 0) is 24.4 Å². The Morgan fingerprint density at radius 3 is 1.09 bits per heavy atom. The molecule has 0 spiro atoms. The van der Waals surface area contributed by atoms with Crippen LogP contribution in [0.4, 0.5) is 43.9 Å². The van der Waals surface area contributed by atoms with E-state index in [9.17, 15) is 49.5 Å². The Hall–Kier alpha value is -3.46. The van der Waals surface area contributed by atoms with Gasteiger partial charge in [0.2, 0.25) is 0 Å². The maximum absolute atomic E-state index is 15.1. The van der Waals surface area contributed by atoms with Crippen molar-refractivity contribution in [3.8, 4) is 0 Å². The van der Waals surface area contributed by atoms with Crippen LogP contribution in [0.25, 0.3) is 0 Å². The SMILES string of the molecule is C.C.C.C=CC[Si](CC=C)(CC=C)CCCn1c(=O)n(CCC[Si](CC=C)(CC=C)CC=C)c(=O)n(CC(F)(F)C(F)(F)OC(F)(F)C(F)(F)C(C)(F)F)c1=O. The van der Waals surface area contributed by atoms with Gasteiger partial charge in [0.15, 0.2) is 0 Å². The van der Waals surface area contributed by atoms with Crippen molar-refractivity contribution in [1.29, 1.82) is 0 Å². The molecule has 0 aliphatic heterocycles. The molecule has 1 aromatic rings. The minimum Gasteiger partial charge on any atom is -0.247 e. The van der Waals surface area contributed by atoms with Crippen LogP contribution in [0.3, 0.4) is 0 Å². The highest BCUT2D eigenvalue weighted by Gasteiger charge is 2.75. The van der Waals surface area contributed by atoms with Gasteiger partial charge in [0.25, 0.3) is 0 Å². The number of halogens is 10. The van der Waals surface area contributed by atoms with Crippen LogP contribution in [-0.4, -0.2) is 59.8 Å². The molecule has 0 unspecified atom stereocenters. The first kappa shape index (κ1) is 56.9. The second-order valence-electron chi connectivity index (χ2n) is 13.2. The highest BCUT2D eigenvalue weighted by atomic mass is 28.3. The van der Waals surface area contributed by atoms with Crippen LogP contribution in [0.1, 0.15) is 42.0 Å². The fraction of sp³-hybridized carbons (Fsp3) is 0.595. The predicted molar refractivity (Wildman–Crippen MR) is 211 cm³/mol. The van der Waals surface area contributed by atoms with Gasteiger partial charge in [-0.1, -0.05) is 70.8 Å². The molecule has 0 bridgehead atoms. The monoisotopic (exact) mass is 855 g/mol. The summed E-state index contributed by atoms with van der Waals surface area (Å²) >= 11 is 0. The quantitative estimate of drug-likeness (QED) is 0.0502. The minimum atomic E-state index is -6.86. The molecular weight excluding hydrogens is 797 g/mol. The normalized spacial score (nSPS) is 12.7. The van der Waals surface area contributed by atoms with E-state index in [4.69, 9.17) is 0 Å². The first-order valence-electron chi connectivity index (χ1n) is 16.5. The van der Waals surface area contributed by atoms with Gasteiger partial charge < -0.3 is 0 Å². The van der Waals surface area contributed by atoms with Crippen LogP contribution in [0, 0.1) is 0 Å². The van der Waals surface area contributed by atoms with E-state index < -0.39 is 94.3 Å². The maximum Gasteiger partial charge on any atom is 0.430 e. The minimum absolute atomic E-state index is 0. The standard InChI is InChI=1S/C34H47F10N3O4Si2.3CH4/c1-8-18-52(19-9-2,20-10-3)24-14-16-45-27(48)46(17-15-25-53(21-11-4,22-12-5)23-13-6)29(50)47(28(45)49)26-31(37,38)33(41,42)51-34(43,44)32(39,40)30(7,35)36;;;/h8-13H,1-6,14-26H2,7H3;3*1H4. The van der Waals surface area contributed by atoms with Crippen molar-refractivity contribution in [2.75, 3.05) is 0 Å². The second kappa shape index (κ2) is 22.5. The molecule has 0 aliphatic rings. The second-order valence-corrected chi connectivity index (χ2v) is 22.7. The Balaban J connectivity index is -0.00000936. The zero-order chi connectivity index (χ0) is 41.1. The van der Waals surface area contributed by atoms with E-state index in [1.807, 2.05) is 0 Å². The van der Waals surface area contributed by atoms with Gasteiger partial charge in [0.1, 0.15) is 6.54 Å². The fourth-order valence-electron chi connectivity index (χ4n) is 6.22. The number of hydrogen-bond donors (Lipinski definition) is 0. The lowest BCUT2D eigenvalue weighted by molar-refractivity contribution is -0.485. The number of nitrogens with zero attached hydrogens (tertiary/aromatic N) is 3. The summed E-state index contributed by atoms with van der Waals surface area (Å²) < 4.78 is 143. The van der Waals surface area contributed by atoms with E-state index in [0.29, 0.717) is 57.5 Å². The molecule has 0 N–H and O–H groups in total. The Morgan fingerprint density at radius 1 is 0.536 bits per heavy atom. The van der Waals surface area contributed by atoms with Gasteiger partial charge in [0, 0.05) is 20.0 Å². The number of alkyl halides is 10. The summed E-state index contributed by atoms with van der Waals surface area (Å²) in [4.78, 5) is 40.5. The van der Waals surface area contributed by atoms with Crippen LogP contribution >= 0.6 is 0 Å². The van der Waals surface area contributed by atoms with Crippen LogP contribution < -0.4 is 17.1 Å². The zero-order valence-corrected chi connectivity index (χ0v) is 31.7. The molecule has 7 nitrogen and oxygen atoms in total. The molecule has 0 atom stereocenters. The third kappa shape index (κ3) is 13.3. The summed E-state index contributed by atoms with van der Waals surface area (Å²) in [5, 5.41) is 0. The number of aromatic nitrogens is 3. The van der Waals surface area contributed by atoms with Gasteiger partial charge in [-0.3, -0.25) is 0 Å². The summed E-state index contributed by atoms with van der Waals surface area (Å²) in [7, 11) is -4.58. The van der Waals surface area contributed by atoms with Gasteiger partial charge in [-0.2, -0.15) is 43.9 Å². The van der Waals surface area contributed by atoms with Gasteiger partial charge in [-0.05, 0) is 49.1 Å². The molecule has 0 radical (unpaired) electrons. The molecule has 0 saturated carbocycles. The summed E-state index contributed by atoms with van der Waals surface area (Å²) in [5.41, 5.74) is -4.94. The lowest BCUT2D eigenvalue weighted by atomic mass is 10.2. The van der Waals surface area contributed by atoms with Crippen molar-refractivity contribution in [2.24, 2.45) is 0 Å². The molecule has 1 heterocycles. The average molecular weight is 856 g/mol. The van der Waals surface area contributed by atoms with Gasteiger partial charge in [-0.15, -0.1) is 39.5 Å². The Morgan fingerprint density at radius 2 is 0.821 bits per heavy atom. The van der Waals surface area contributed by atoms with Gasteiger partial charge >= 0.3 is 47.1 Å². The Bertz CT molecular complexity index is 1510. The summed E-state index contributed by atoms with van der Waals surface area (Å²) in [6.45, 7) is 18.0. The summed E-state index contributed by atoms with van der Waals surface area (Å²) in [6, 6.07) is 4.15. The van der Waals surface area contributed by atoms with E-state index in [-0.39, 0.29) is 35.1 Å². The van der Waals surface area contributed by atoms with E-state index >= 15 is 8.78 Å². The topological polar surface area (TPSA) is 75.2 Å². The maximum atomic E-state index is 15.1.